The van der Waals surface area contributed by atoms with Gasteiger partial charge in [0, 0.05) is 12.1 Å². The van der Waals surface area contributed by atoms with Crippen LogP contribution in [0.5, 0.6) is 0 Å². The molecular formula is C10H9F3N2O2. The number of nitro benzene ring substituents is 1. The van der Waals surface area contributed by atoms with Crippen LogP contribution in [0.2, 0.25) is 0 Å². The maximum atomic E-state index is 12.1. The highest BCUT2D eigenvalue weighted by Gasteiger charge is 2.31. The largest absolute Gasteiger partial charge is 0.428 e. The molecule has 0 aromatic heterocycles. The van der Waals surface area contributed by atoms with Gasteiger partial charge in [-0.3, -0.25) is 15.1 Å². The van der Waals surface area contributed by atoms with Gasteiger partial charge in [-0.1, -0.05) is 12.1 Å². The first-order chi connectivity index (χ1) is 7.80. The minimum absolute atomic E-state index is 0.106. The SMILES string of the molecule is C/C(=N\Cc1ccc([N+](=O)[O-])cc1)C(F)(F)F. The third-order valence-electron chi connectivity index (χ3n) is 2.06. The molecule has 0 aliphatic heterocycles. The number of nitro groups is 1. The molecule has 0 saturated carbocycles. The molecule has 0 bridgehead atoms. The van der Waals surface area contributed by atoms with Crippen LogP contribution in [-0.2, 0) is 6.54 Å². The summed E-state index contributed by atoms with van der Waals surface area (Å²) in [5.41, 5.74) is -0.541. The van der Waals surface area contributed by atoms with E-state index in [4.69, 9.17) is 0 Å². The Morgan fingerprint density at radius 1 is 1.35 bits per heavy atom. The molecule has 0 N–H and O–H groups in total. The summed E-state index contributed by atoms with van der Waals surface area (Å²) in [6.07, 6.45) is -4.43. The van der Waals surface area contributed by atoms with Crippen LogP contribution in [0.25, 0.3) is 0 Å². The second kappa shape index (κ2) is 4.94. The summed E-state index contributed by atoms with van der Waals surface area (Å²) in [5.74, 6) is 0. The molecule has 1 aromatic rings. The number of hydrogen-bond donors (Lipinski definition) is 0. The number of benzene rings is 1. The van der Waals surface area contributed by atoms with Crippen LogP contribution >= 0.6 is 0 Å². The monoisotopic (exact) mass is 246 g/mol. The van der Waals surface area contributed by atoms with E-state index < -0.39 is 16.8 Å². The fourth-order valence-corrected chi connectivity index (χ4v) is 1.02. The van der Waals surface area contributed by atoms with Gasteiger partial charge in [-0.05, 0) is 12.5 Å². The van der Waals surface area contributed by atoms with Gasteiger partial charge in [0.25, 0.3) is 5.69 Å². The number of rotatable bonds is 3. The topological polar surface area (TPSA) is 55.5 Å². The second-order valence-electron chi connectivity index (χ2n) is 3.32. The molecule has 0 radical (unpaired) electrons. The Hall–Kier alpha value is -1.92. The van der Waals surface area contributed by atoms with Crippen molar-refractivity contribution in [2.45, 2.75) is 19.6 Å². The molecule has 0 fully saturated rings. The number of aliphatic imine (C=N–C) groups is 1. The molecule has 0 aliphatic rings. The average Bonchev–Trinajstić information content (AvgIpc) is 2.25. The van der Waals surface area contributed by atoms with Crippen molar-refractivity contribution < 1.29 is 18.1 Å². The third-order valence-corrected chi connectivity index (χ3v) is 2.06. The Balaban J connectivity index is 2.74. The van der Waals surface area contributed by atoms with Crippen LogP contribution < -0.4 is 0 Å². The minimum atomic E-state index is -4.43. The Kier molecular flexibility index (Phi) is 3.82. The second-order valence-corrected chi connectivity index (χ2v) is 3.32. The lowest BCUT2D eigenvalue weighted by atomic mass is 10.2. The summed E-state index contributed by atoms with van der Waals surface area (Å²) in [7, 11) is 0. The number of non-ortho nitro benzene ring substituents is 1. The van der Waals surface area contributed by atoms with E-state index in [0.29, 0.717) is 5.56 Å². The fourth-order valence-electron chi connectivity index (χ4n) is 1.02. The molecule has 0 spiro atoms. The maximum absolute atomic E-state index is 12.1. The van der Waals surface area contributed by atoms with Crippen molar-refractivity contribution >= 4 is 11.4 Å². The van der Waals surface area contributed by atoms with Gasteiger partial charge in [-0.15, -0.1) is 0 Å². The molecule has 7 heteroatoms. The van der Waals surface area contributed by atoms with Gasteiger partial charge in [0.05, 0.1) is 11.5 Å². The number of nitrogens with zero attached hydrogens (tertiary/aromatic N) is 2. The first-order valence-electron chi connectivity index (χ1n) is 4.62. The smallest absolute Gasteiger partial charge is 0.280 e. The summed E-state index contributed by atoms with van der Waals surface area (Å²) in [6, 6.07) is 5.22. The zero-order valence-electron chi connectivity index (χ0n) is 8.86. The van der Waals surface area contributed by atoms with Crippen LogP contribution in [0.4, 0.5) is 18.9 Å². The first kappa shape index (κ1) is 13.1. The Bertz CT molecular complexity index is 438. The van der Waals surface area contributed by atoms with E-state index in [1.54, 1.807) is 0 Å². The zero-order chi connectivity index (χ0) is 13.1. The lowest BCUT2D eigenvalue weighted by Gasteiger charge is -2.05. The molecular weight excluding hydrogens is 237 g/mol. The molecule has 0 saturated heterocycles. The van der Waals surface area contributed by atoms with Gasteiger partial charge in [0.1, 0.15) is 5.71 Å². The molecule has 1 rings (SSSR count). The molecule has 0 amide bonds. The van der Waals surface area contributed by atoms with E-state index in [1.807, 2.05) is 0 Å². The van der Waals surface area contributed by atoms with Gasteiger partial charge in [-0.2, -0.15) is 13.2 Å². The van der Waals surface area contributed by atoms with Crippen molar-refractivity contribution in [2.24, 2.45) is 4.99 Å². The summed E-state index contributed by atoms with van der Waals surface area (Å²) < 4.78 is 36.3. The van der Waals surface area contributed by atoms with Crippen LogP contribution in [0.3, 0.4) is 0 Å². The summed E-state index contributed by atoms with van der Waals surface area (Å²) in [5, 5.41) is 10.3. The van der Waals surface area contributed by atoms with Crippen molar-refractivity contribution in [3.05, 3.63) is 39.9 Å². The highest BCUT2D eigenvalue weighted by Crippen LogP contribution is 2.18. The predicted molar refractivity (Wildman–Crippen MR) is 56.0 cm³/mol. The molecule has 4 nitrogen and oxygen atoms in total. The van der Waals surface area contributed by atoms with E-state index >= 15 is 0 Å². The third kappa shape index (κ3) is 3.86. The Morgan fingerprint density at radius 3 is 2.29 bits per heavy atom. The summed E-state index contributed by atoms with van der Waals surface area (Å²) in [6.45, 7) is 0.731. The molecule has 0 heterocycles. The highest BCUT2D eigenvalue weighted by molar-refractivity contribution is 5.87. The Morgan fingerprint density at radius 2 is 1.88 bits per heavy atom. The maximum Gasteiger partial charge on any atom is 0.428 e. The highest BCUT2D eigenvalue weighted by atomic mass is 19.4. The van der Waals surface area contributed by atoms with Crippen LogP contribution in [-0.4, -0.2) is 16.8 Å². The Labute approximate surface area is 94.9 Å². The van der Waals surface area contributed by atoms with Crippen molar-refractivity contribution in [1.29, 1.82) is 0 Å². The number of halogens is 3. The molecule has 0 aliphatic carbocycles. The zero-order valence-corrected chi connectivity index (χ0v) is 8.86. The number of hydrogen-bond acceptors (Lipinski definition) is 3. The van der Waals surface area contributed by atoms with Gasteiger partial charge in [0.15, 0.2) is 0 Å². The van der Waals surface area contributed by atoms with E-state index in [1.165, 1.54) is 24.3 Å². The van der Waals surface area contributed by atoms with Gasteiger partial charge >= 0.3 is 6.18 Å². The minimum Gasteiger partial charge on any atom is -0.280 e. The van der Waals surface area contributed by atoms with Crippen molar-refractivity contribution in [2.75, 3.05) is 0 Å². The lowest BCUT2D eigenvalue weighted by molar-refractivity contribution is -0.384. The van der Waals surface area contributed by atoms with Crippen LogP contribution in [0.1, 0.15) is 12.5 Å². The van der Waals surface area contributed by atoms with Crippen LogP contribution in [0, 0.1) is 10.1 Å². The quantitative estimate of drug-likeness (QED) is 0.467. The van der Waals surface area contributed by atoms with E-state index in [0.717, 1.165) is 6.92 Å². The number of alkyl halides is 3. The standard InChI is InChI=1S/C10H9F3N2O2/c1-7(10(11,12)13)14-6-8-2-4-9(5-3-8)15(16)17/h2-5H,6H2,1H3/b14-7+. The van der Waals surface area contributed by atoms with Gasteiger partial charge < -0.3 is 0 Å². The fraction of sp³-hybridized carbons (Fsp3) is 0.300. The van der Waals surface area contributed by atoms with Crippen molar-refractivity contribution in [3.8, 4) is 0 Å². The van der Waals surface area contributed by atoms with Crippen molar-refractivity contribution in [3.63, 3.8) is 0 Å². The molecule has 0 unspecified atom stereocenters. The van der Waals surface area contributed by atoms with Gasteiger partial charge in [0.2, 0.25) is 0 Å². The van der Waals surface area contributed by atoms with Crippen LogP contribution in [0.15, 0.2) is 29.3 Å². The summed E-state index contributed by atoms with van der Waals surface area (Å²) in [4.78, 5) is 13.1. The first-order valence-corrected chi connectivity index (χ1v) is 4.62. The van der Waals surface area contributed by atoms with Gasteiger partial charge in [-0.25, -0.2) is 0 Å². The molecule has 0 atom stereocenters. The normalized spacial score (nSPS) is 12.6. The molecule has 1 aromatic carbocycles. The van der Waals surface area contributed by atoms with E-state index in [9.17, 15) is 23.3 Å². The average molecular weight is 246 g/mol. The van der Waals surface area contributed by atoms with Crippen molar-refractivity contribution in [1.82, 2.24) is 0 Å². The lowest BCUT2D eigenvalue weighted by Crippen LogP contribution is -2.19. The molecule has 17 heavy (non-hydrogen) atoms. The van der Waals surface area contributed by atoms with E-state index in [2.05, 4.69) is 4.99 Å². The van der Waals surface area contributed by atoms with E-state index in [-0.39, 0.29) is 12.2 Å². The molecule has 92 valence electrons. The predicted octanol–water partition coefficient (Wildman–Crippen LogP) is 3.12. The summed E-state index contributed by atoms with van der Waals surface area (Å²) >= 11 is 0.